The summed E-state index contributed by atoms with van der Waals surface area (Å²) in [4.78, 5) is 4.38. The van der Waals surface area contributed by atoms with Gasteiger partial charge in [0.2, 0.25) is 0 Å². The number of pyridine rings is 1. The van der Waals surface area contributed by atoms with Gasteiger partial charge in [-0.05, 0) is 29.3 Å². The quantitative estimate of drug-likeness (QED) is 0.607. The fraction of sp³-hybridized carbons (Fsp3) is 0. The molecule has 0 saturated carbocycles. The lowest BCUT2D eigenvalue weighted by Gasteiger charge is -2.01. The lowest BCUT2D eigenvalue weighted by Crippen LogP contribution is -1.82. The van der Waals surface area contributed by atoms with Gasteiger partial charge in [0, 0.05) is 11.8 Å². The molecule has 20 heavy (non-hydrogen) atoms. The van der Waals surface area contributed by atoms with Crippen molar-refractivity contribution < 1.29 is 0 Å². The van der Waals surface area contributed by atoms with Crippen LogP contribution in [0, 0.1) is 0 Å². The molecule has 0 aliphatic carbocycles. The zero-order valence-corrected chi connectivity index (χ0v) is 11.1. The average molecular weight is 257 g/mol. The van der Waals surface area contributed by atoms with Crippen LogP contribution in [0.3, 0.4) is 0 Å². The second kappa shape index (κ2) is 5.98. The van der Waals surface area contributed by atoms with Crippen LogP contribution in [-0.2, 0) is 0 Å². The molecular formula is C19H15N. The van der Waals surface area contributed by atoms with Gasteiger partial charge in [0.05, 0.1) is 5.69 Å². The van der Waals surface area contributed by atoms with Crippen LogP contribution in [0.25, 0.3) is 23.4 Å². The van der Waals surface area contributed by atoms with Gasteiger partial charge in [0.25, 0.3) is 0 Å². The second-order valence-electron chi connectivity index (χ2n) is 4.58. The summed E-state index contributed by atoms with van der Waals surface area (Å²) in [7, 11) is 0. The Bertz CT molecular complexity index is 700. The van der Waals surface area contributed by atoms with Crippen molar-refractivity contribution in [2.75, 3.05) is 0 Å². The van der Waals surface area contributed by atoms with Crippen LogP contribution < -0.4 is 0 Å². The van der Waals surface area contributed by atoms with Gasteiger partial charge in [-0.15, -0.1) is 0 Å². The molecule has 0 aliphatic heterocycles. The molecule has 0 amide bonds. The fourth-order valence-electron chi connectivity index (χ4n) is 2.09. The topological polar surface area (TPSA) is 12.9 Å². The summed E-state index contributed by atoms with van der Waals surface area (Å²) in [6.45, 7) is 0. The Hall–Kier alpha value is -2.67. The predicted octanol–water partition coefficient (Wildman–Crippen LogP) is 4.92. The van der Waals surface area contributed by atoms with E-state index in [0.717, 1.165) is 11.3 Å². The van der Waals surface area contributed by atoms with Crippen molar-refractivity contribution in [3.8, 4) is 11.3 Å². The molecule has 0 saturated heterocycles. The van der Waals surface area contributed by atoms with E-state index in [-0.39, 0.29) is 0 Å². The molecule has 0 unspecified atom stereocenters. The third-order valence-electron chi connectivity index (χ3n) is 3.12. The Balaban J connectivity index is 1.87. The van der Waals surface area contributed by atoms with Gasteiger partial charge in [0.1, 0.15) is 0 Å². The number of hydrogen-bond acceptors (Lipinski definition) is 1. The smallest absolute Gasteiger partial charge is 0.0702 e. The monoisotopic (exact) mass is 257 g/mol. The Kier molecular flexibility index (Phi) is 3.70. The fourth-order valence-corrected chi connectivity index (χ4v) is 2.09. The highest BCUT2D eigenvalue weighted by Gasteiger charge is 1.97. The maximum absolute atomic E-state index is 4.38. The van der Waals surface area contributed by atoms with E-state index >= 15 is 0 Å². The lowest BCUT2D eigenvalue weighted by atomic mass is 10.1. The summed E-state index contributed by atoms with van der Waals surface area (Å²) in [5.74, 6) is 0. The summed E-state index contributed by atoms with van der Waals surface area (Å²) < 4.78 is 0. The summed E-state index contributed by atoms with van der Waals surface area (Å²) in [5, 5.41) is 0. The number of hydrogen-bond donors (Lipinski definition) is 0. The first-order valence-electron chi connectivity index (χ1n) is 6.66. The van der Waals surface area contributed by atoms with Crippen molar-refractivity contribution >= 4 is 12.2 Å². The molecule has 1 nitrogen and oxygen atoms in total. The average Bonchev–Trinajstić information content (AvgIpc) is 2.55. The van der Waals surface area contributed by atoms with Crippen LogP contribution in [0.1, 0.15) is 11.1 Å². The molecule has 0 bridgehead atoms. The van der Waals surface area contributed by atoms with Gasteiger partial charge < -0.3 is 0 Å². The summed E-state index contributed by atoms with van der Waals surface area (Å²) >= 11 is 0. The van der Waals surface area contributed by atoms with Crippen molar-refractivity contribution in [3.05, 3.63) is 90.1 Å². The van der Waals surface area contributed by atoms with Crippen molar-refractivity contribution in [1.29, 1.82) is 0 Å². The van der Waals surface area contributed by atoms with Crippen molar-refractivity contribution in [1.82, 2.24) is 4.98 Å². The maximum Gasteiger partial charge on any atom is 0.0702 e. The number of rotatable bonds is 3. The van der Waals surface area contributed by atoms with Crippen LogP contribution in [0.15, 0.2) is 79.0 Å². The Labute approximate surface area is 119 Å². The van der Waals surface area contributed by atoms with E-state index in [1.807, 2.05) is 42.6 Å². The number of aromatic nitrogens is 1. The highest BCUT2D eigenvalue weighted by Crippen LogP contribution is 2.19. The molecule has 0 aliphatic rings. The second-order valence-corrected chi connectivity index (χ2v) is 4.58. The van der Waals surface area contributed by atoms with Crippen molar-refractivity contribution in [2.24, 2.45) is 0 Å². The molecule has 0 radical (unpaired) electrons. The van der Waals surface area contributed by atoms with Crippen LogP contribution in [0.2, 0.25) is 0 Å². The first kappa shape index (κ1) is 12.4. The third-order valence-corrected chi connectivity index (χ3v) is 3.12. The largest absolute Gasteiger partial charge is 0.256 e. The summed E-state index contributed by atoms with van der Waals surface area (Å²) in [6.07, 6.45) is 6.07. The zero-order chi connectivity index (χ0) is 13.6. The minimum Gasteiger partial charge on any atom is -0.256 e. The van der Waals surface area contributed by atoms with E-state index in [4.69, 9.17) is 0 Å². The molecule has 1 aromatic heterocycles. The molecule has 0 spiro atoms. The molecule has 0 atom stereocenters. The third kappa shape index (κ3) is 3.01. The molecule has 1 heteroatoms. The molecule has 96 valence electrons. The van der Waals surface area contributed by atoms with E-state index in [1.54, 1.807) is 0 Å². The SMILES string of the molecule is C(=C\c1cccc(-c2ccccn2)c1)/c1ccccc1. The molecule has 3 aromatic rings. The minimum absolute atomic E-state index is 1.00. The maximum atomic E-state index is 4.38. The van der Waals surface area contributed by atoms with Crippen molar-refractivity contribution in [2.45, 2.75) is 0 Å². The van der Waals surface area contributed by atoms with E-state index in [9.17, 15) is 0 Å². The van der Waals surface area contributed by atoms with E-state index in [0.29, 0.717) is 0 Å². The highest BCUT2D eigenvalue weighted by molar-refractivity contribution is 5.72. The van der Waals surface area contributed by atoms with Gasteiger partial charge in [-0.25, -0.2) is 0 Å². The van der Waals surface area contributed by atoms with Gasteiger partial charge in [0.15, 0.2) is 0 Å². The van der Waals surface area contributed by atoms with Crippen LogP contribution in [0.5, 0.6) is 0 Å². The molecule has 0 fully saturated rings. The standard InChI is InChI=1S/C19H15N/c1-2-7-16(8-3-1)12-13-17-9-6-10-18(15-17)19-11-4-5-14-20-19/h1-15H/b13-12+. The molecule has 2 aromatic carbocycles. The molecule has 1 heterocycles. The predicted molar refractivity (Wildman–Crippen MR) is 85.0 cm³/mol. The van der Waals surface area contributed by atoms with Gasteiger partial charge >= 0.3 is 0 Å². The Morgan fingerprint density at radius 1 is 0.650 bits per heavy atom. The van der Waals surface area contributed by atoms with E-state index in [1.165, 1.54) is 11.1 Å². The number of benzene rings is 2. The van der Waals surface area contributed by atoms with E-state index in [2.05, 4.69) is 53.5 Å². The lowest BCUT2D eigenvalue weighted by molar-refractivity contribution is 1.33. The Morgan fingerprint density at radius 3 is 2.20 bits per heavy atom. The van der Waals surface area contributed by atoms with Gasteiger partial charge in [-0.1, -0.05) is 66.7 Å². The van der Waals surface area contributed by atoms with Gasteiger partial charge in [-0.2, -0.15) is 0 Å². The van der Waals surface area contributed by atoms with Gasteiger partial charge in [-0.3, -0.25) is 4.98 Å². The zero-order valence-electron chi connectivity index (χ0n) is 11.1. The summed E-state index contributed by atoms with van der Waals surface area (Å²) in [6, 6.07) is 24.7. The summed E-state index contributed by atoms with van der Waals surface area (Å²) in [5.41, 5.74) is 4.52. The van der Waals surface area contributed by atoms with Crippen LogP contribution in [-0.4, -0.2) is 4.98 Å². The molecular weight excluding hydrogens is 242 g/mol. The molecule has 3 rings (SSSR count). The van der Waals surface area contributed by atoms with E-state index < -0.39 is 0 Å². The highest BCUT2D eigenvalue weighted by atomic mass is 14.7. The minimum atomic E-state index is 1.00. The first-order valence-corrected chi connectivity index (χ1v) is 6.66. The first-order chi connectivity index (χ1) is 9.92. The van der Waals surface area contributed by atoms with Crippen LogP contribution >= 0.6 is 0 Å². The van der Waals surface area contributed by atoms with Crippen molar-refractivity contribution in [3.63, 3.8) is 0 Å². The number of nitrogens with zero attached hydrogens (tertiary/aromatic N) is 1. The normalized spacial score (nSPS) is 10.8. The molecule has 0 N–H and O–H groups in total. The Morgan fingerprint density at radius 2 is 1.40 bits per heavy atom. The van der Waals surface area contributed by atoms with Crippen LogP contribution in [0.4, 0.5) is 0 Å².